The van der Waals surface area contributed by atoms with E-state index in [1.807, 2.05) is 0 Å². The molecule has 1 fully saturated rings. The minimum Gasteiger partial charge on any atom is -0.508 e. The minimum absolute atomic E-state index is 0.0171. The summed E-state index contributed by atoms with van der Waals surface area (Å²) in [4.78, 5) is 13.1. The Morgan fingerprint density at radius 3 is 2.36 bits per heavy atom. The van der Waals surface area contributed by atoms with Gasteiger partial charge in [-0.05, 0) is 17.7 Å². The number of rotatable bonds is 5. The van der Waals surface area contributed by atoms with Gasteiger partial charge in [0.25, 0.3) is 0 Å². The highest BCUT2D eigenvalue weighted by Crippen LogP contribution is 2.41. The second kappa shape index (κ2) is 8.89. The topological polar surface area (TPSA) is 179 Å². The molecule has 4 rings (SSSR count). The number of phenols is 2. The van der Waals surface area contributed by atoms with Crippen LogP contribution in [0, 0.1) is 0 Å². The zero-order valence-electron chi connectivity index (χ0n) is 17.3. The fraction of sp³-hybridized carbons (Fsp3) is 0.318. The molecule has 11 nitrogen and oxygen atoms in total. The predicted octanol–water partition coefficient (Wildman–Crippen LogP) is 0.0585. The van der Waals surface area contributed by atoms with Gasteiger partial charge in [-0.25, -0.2) is 0 Å². The van der Waals surface area contributed by atoms with Gasteiger partial charge in [0.15, 0.2) is 11.3 Å². The molecule has 3 aromatic rings. The van der Waals surface area contributed by atoms with Crippen molar-refractivity contribution >= 4 is 11.0 Å². The Kier molecular flexibility index (Phi) is 6.15. The average Bonchev–Trinajstić information content (AvgIpc) is 2.80. The Hall–Kier alpha value is -3.35. The zero-order valence-corrected chi connectivity index (χ0v) is 17.3. The second-order valence-electron chi connectivity index (χ2n) is 7.47. The maximum absolute atomic E-state index is 13.1. The summed E-state index contributed by atoms with van der Waals surface area (Å²) in [6.07, 6.45) is -6.54. The molecule has 2 heterocycles. The molecule has 0 unspecified atom stereocenters. The molecule has 176 valence electrons. The number of benzene rings is 2. The molecule has 6 N–H and O–H groups in total. The standard InChI is InChI=1S/C22H22O11/c1-30-20-13(32-22-19(29)18(28)17(27)14(7-23)33-22)6-12(25)15-16(26)11(8-31-21(15)20)9-2-4-10(24)5-3-9/h2-6,8,14,17-19,22-25,27-29H,7H2,1H3/t14-,17+,18-,19+,22+/m0/s1. The normalized spacial score (nSPS) is 25.2. The summed E-state index contributed by atoms with van der Waals surface area (Å²) in [6, 6.07) is 6.88. The van der Waals surface area contributed by atoms with E-state index < -0.39 is 48.5 Å². The van der Waals surface area contributed by atoms with Gasteiger partial charge in [-0.2, -0.15) is 0 Å². The van der Waals surface area contributed by atoms with E-state index in [-0.39, 0.29) is 33.8 Å². The summed E-state index contributed by atoms with van der Waals surface area (Å²) < 4.78 is 21.8. The fourth-order valence-electron chi connectivity index (χ4n) is 3.65. The highest BCUT2D eigenvalue weighted by molar-refractivity contribution is 5.93. The van der Waals surface area contributed by atoms with Gasteiger partial charge < -0.3 is 49.3 Å². The van der Waals surface area contributed by atoms with Crippen LogP contribution in [0.2, 0.25) is 0 Å². The molecule has 0 spiro atoms. The van der Waals surface area contributed by atoms with Gasteiger partial charge in [-0.15, -0.1) is 0 Å². The SMILES string of the molecule is COc1c(O[C@@H]2O[C@@H](CO)[C@@H](O)[C@H](O)[C@H]2O)cc(O)c2c(=O)c(-c3ccc(O)cc3)coc12. The Bertz CT molecular complexity index is 1200. The first-order valence-electron chi connectivity index (χ1n) is 9.88. The Morgan fingerprint density at radius 2 is 1.73 bits per heavy atom. The highest BCUT2D eigenvalue weighted by atomic mass is 16.7. The van der Waals surface area contributed by atoms with Gasteiger partial charge in [0.2, 0.25) is 17.5 Å². The number of aromatic hydroxyl groups is 2. The van der Waals surface area contributed by atoms with E-state index in [1.54, 1.807) is 0 Å². The van der Waals surface area contributed by atoms with Gasteiger partial charge in [-0.1, -0.05) is 12.1 Å². The summed E-state index contributed by atoms with van der Waals surface area (Å²) in [5.74, 6) is -0.787. The number of hydrogen-bond donors (Lipinski definition) is 6. The minimum atomic E-state index is -1.70. The van der Waals surface area contributed by atoms with Gasteiger partial charge in [0.1, 0.15) is 47.6 Å². The van der Waals surface area contributed by atoms with Crippen LogP contribution in [0.5, 0.6) is 23.0 Å². The molecule has 0 radical (unpaired) electrons. The molecule has 0 saturated carbocycles. The van der Waals surface area contributed by atoms with Crippen LogP contribution in [0.1, 0.15) is 0 Å². The molecule has 0 bridgehead atoms. The lowest BCUT2D eigenvalue weighted by Gasteiger charge is -2.39. The fourth-order valence-corrected chi connectivity index (χ4v) is 3.65. The summed E-state index contributed by atoms with van der Waals surface area (Å²) >= 11 is 0. The smallest absolute Gasteiger partial charge is 0.229 e. The van der Waals surface area contributed by atoms with Crippen LogP contribution in [-0.4, -0.2) is 75.1 Å². The number of aliphatic hydroxyl groups is 4. The maximum Gasteiger partial charge on any atom is 0.229 e. The van der Waals surface area contributed by atoms with Crippen LogP contribution in [-0.2, 0) is 4.74 Å². The Morgan fingerprint density at radius 1 is 1.03 bits per heavy atom. The number of aliphatic hydroxyl groups excluding tert-OH is 4. The van der Waals surface area contributed by atoms with Crippen molar-refractivity contribution in [1.29, 1.82) is 0 Å². The quantitative estimate of drug-likeness (QED) is 0.302. The first kappa shape index (κ1) is 22.8. The van der Waals surface area contributed by atoms with Gasteiger partial charge in [-0.3, -0.25) is 4.79 Å². The number of phenolic OH excluding ortho intramolecular Hbond substituents is 2. The third-order valence-corrected chi connectivity index (χ3v) is 5.42. The summed E-state index contributed by atoms with van der Waals surface area (Å²) in [6.45, 7) is -0.653. The summed E-state index contributed by atoms with van der Waals surface area (Å²) in [5.41, 5.74) is -0.146. The zero-order chi connectivity index (χ0) is 23.9. The molecule has 11 heteroatoms. The molecule has 5 atom stereocenters. The van der Waals surface area contributed by atoms with Crippen LogP contribution in [0.15, 0.2) is 45.8 Å². The van der Waals surface area contributed by atoms with Gasteiger partial charge >= 0.3 is 0 Å². The van der Waals surface area contributed by atoms with Crippen molar-refractivity contribution in [1.82, 2.24) is 0 Å². The van der Waals surface area contributed by atoms with E-state index in [1.165, 1.54) is 31.4 Å². The Balaban J connectivity index is 1.77. The molecule has 1 aliphatic heterocycles. The van der Waals surface area contributed by atoms with E-state index in [0.29, 0.717) is 5.56 Å². The lowest BCUT2D eigenvalue weighted by Crippen LogP contribution is -2.60. The lowest BCUT2D eigenvalue weighted by atomic mass is 9.99. The molecule has 1 saturated heterocycles. The molecule has 1 aromatic heterocycles. The van der Waals surface area contributed by atoms with Crippen molar-refractivity contribution in [3.63, 3.8) is 0 Å². The van der Waals surface area contributed by atoms with Crippen LogP contribution in [0.3, 0.4) is 0 Å². The van der Waals surface area contributed by atoms with Crippen LogP contribution < -0.4 is 14.9 Å². The van der Waals surface area contributed by atoms with E-state index >= 15 is 0 Å². The summed E-state index contributed by atoms with van der Waals surface area (Å²) in [5, 5.41) is 59.3. The molecule has 2 aromatic carbocycles. The van der Waals surface area contributed by atoms with E-state index in [0.717, 1.165) is 12.3 Å². The largest absolute Gasteiger partial charge is 0.508 e. The van der Waals surface area contributed by atoms with Crippen molar-refractivity contribution < 1.29 is 49.3 Å². The third-order valence-electron chi connectivity index (χ3n) is 5.42. The number of hydrogen-bond acceptors (Lipinski definition) is 11. The van der Waals surface area contributed by atoms with Crippen molar-refractivity contribution in [2.75, 3.05) is 13.7 Å². The monoisotopic (exact) mass is 462 g/mol. The number of fused-ring (bicyclic) bond motifs is 1. The van der Waals surface area contributed by atoms with Crippen molar-refractivity contribution in [2.24, 2.45) is 0 Å². The van der Waals surface area contributed by atoms with Crippen molar-refractivity contribution in [3.05, 3.63) is 46.8 Å². The molecular formula is C22H22O11. The molecular weight excluding hydrogens is 440 g/mol. The predicted molar refractivity (Wildman–Crippen MR) is 112 cm³/mol. The number of methoxy groups -OCH3 is 1. The average molecular weight is 462 g/mol. The van der Waals surface area contributed by atoms with Crippen LogP contribution in [0.4, 0.5) is 0 Å². The third kappa shape index (κ3) is 3.96. The van der Waals surface area contributed by atoms with Gasteiger partial charge in [0, 0.05) is 6.07 Å². The van der Waals surface area contributed by atoms with E-state index in [2.05, 4.69) is 0 Å². The Labute approximate surface area is 186 Å². The molecule has 0 aliphatic carbocycles. The molecule has 0 amide bonds. The van der Waals surface area contributed by atoms with Crippen LogP contribution in [0.25, 0.3) is 22.1 Å². The van der Waals surface area contributed by atoms with Crippen molar-refractivity contribution in [2.45, 2.75) is 30.7 Å². The van der Waals surface area contributed by atoms with Crippen molar-refractivity contribution in [3.8, 4) is 34.1 Å². The molecule has 33 heavy (non-hydrogen) atoms. The highest BCUT2D eigenvalue weighted by Gasteiger charge is 2.45. The van der Waals surface area contributed by atoms with Gasteiger partial charge in [0.05, 0.1) is 19.3 Å². The second-order valence-corrected chi connectivity index (χ2v) is 7.47. The first-order valence-corrected chi connectivity index (χ1v) is 9.88. The van der Waals surface area contributed by atoms with E-state index in [4.69, 9.17) is 18.6 Å². The first-order chi connectivity index (χ1) is 15.8. The number of ether oxygens (including phenoxy) is 3. The van der Waals surface area contributed by atoms with E-state index in [9.17, 15) is 35.4 Å². The van der Waals surface area contributed by atoms with Crippen LogP contribution >= 0.6 is 0 Å². The summed E-state index contributed by atoms with van der Waals surface area (Å²) in [7, 11) is 1.26. The molecule has 1 aliphatic rings. The maximum atomic E-state index is 13.1. The lowest BCUT2D eigenvalue weighted by molar-refractivity contribution is -0.277.